The fourth-order valence-corrected chi connectivity index (χ4v) is 3.22. The number of aliphatic hydroxyl groups excluding tert-OH is 1. The number of nitrogens with zero attached hydrogens (tertiary/aromatic N) is 1. The SMILES string of the molecule is OCc1c(-c2c(Cl)cccc2Cl)noc1CCOPI. The minimum absolute atomic E-state index is 0.192. The zero-order valence-electron chi connectivity index (χ0n) is 10.2. The molecule has 0 radical (unpaired) electrons. The van der Waals surface area contributed by atoms with E-state index in [9.17, 15) is 5.11 Å². The molecular formula is C12H11Cl2INO3P. The number of rotatable bonds is 6. The molecule has 0 saturated carbocycles. The molecule has 0 fully saturated rings. The van der Waals surface area contributed by atoms with Gasteiger partial charge in [0.2, 0.25) is 0 Å². The summed E-state index contributed by atoms with van der Waals surface area (Å²) >= 11 is 14.5. The van der Waals surface area contributed by atoms with E-state index in [-0.39, 0.29) is 6.61 Å². The molecule has 1 aromatic carbocycles. The van der Waals surface area contributed by atoms with Crippen molar-refractivity contribution in [2.75, 3.05) is 6.61 Å². The summed E-state index contributed by atoms with van der Waals surface area (Å²) < 4.78 is 10.6. The molecular weight excluding hydrogens is 435 g/mol. The maximum absolute atomic E-state index is 9.56. The van der Waals surface area contributed by atoms with Gasteiger partial charge in [-0.25, -0.2) is 0 Å². The van der Waals surface area contributed by atoms with Crippen molar-refractivity contribution in [2.45, 2.75) is 13.0 Å². The third kappa shape index (κ3) is 3.64. The third-order valence-corrected chi connectivity index (χ3v) is 4.59. The quantitative estimate of drug-likeness (QED) is 0.399. The van der Waals surface area contributed by atoms with E-state index in [4.69, 9.17) is 32.2 Å². The molecule has 0 amide bonds. The summed E-state index contributed by atoms with van der Waals surface area (Å²) in [5.41, 5.74) is 1.65. The second kappa shape index (κ2) is 7.92. The highest BCUT2D eigenvalue weighted by molar-refractivity contribution is 14.2. The van der Waals surface area contributed by atoms with Gasteiger partial charge in [0.05, 0.1) is 29.7 Å². The van der Waals surface area contributed by atoms with Crippen molar-refractivity contribution in [3.8, 4) is 11.3 Å². The molecule has 1 aromatic heterocycles. The lowest BCUT2D eigenvalue weighted by Gasteiger charge is -2.05. The van der Waals surface area contributed by atoms with Crippen LogP contribution < -0.4 is 0 Å². The molecule has 0 aliphatic carbocycles. The van der Waals surface area contributed by atoms with E-state index in [2.05, 4.69) is 27.2 Å². The van der Waals surface area contributed by atoms with Crippen molar-refractivity contribution in [3.63, 3.8) is 0 Å². The van der Waals surface area contributed by atoms with Gasteiger partial charge >= 0.3 is 0 Å². The van der Waals surface area contributed by atoms with Crippen molar-refractivity contribution < 1.29 is 14.2 Å². The van der Waals surface area contributed by atoms with E-state index in [1.807, 2.05) is 0 Å². The van der Waals surface area contributed by atoms with Crippen molar-refractivity contribution in [2.24, 2.45) is 0 Å². The van der Waals surface area contributed by atoms with Crippen LogP contribution in [0.15, 0.2) is 22.7 Å². The normalized spacial score (nSPS) is 11.6. The van der Waals surface area contributed by atoms with Crippen molar-refractivity contribution in [1.29, 1.82) is 0 Å². The van der Waals surface area contributed by atoms with Gasteiger partial charge in [0.25, 0.3) is 0 Å². The molecule has 0 aliphatic rings. The van der Waals surface area contributed by atoms with Gasteiger partial charge in [0, 0.05) is 17.5 Å². The van der Waals surface area contributed by atoms with Crippen molar-refractivity contribution in [1.82, 2.24) is 5.16 Å². The molecule has 0 spiro atoms. The summed E-state index contributed by atoms with van der Waals surface area (Å²) in [5.74, 6) is 0.591. The highest BCUT2D eigenvalue weighted by Gasteiger charge is 2.20. The Balaban J connectivity index is 2.37. The molecule has 1 N–H and O–H groups in total. The largest absolute Gasteiger partial charge is 0.391 e. The summed E-state index contributed by atoms with van der Waals surface area (Å²) in [6.07, 6.45) is 0.543. The molecule has 1 unspecified atom stereocenters. The van der Waals surface area contributed by atoms with Gasteiger partial charge in [0.15, 0.2) is 0 Å². The van der Waals surface area contributed by atoms with Crippen molar-refractivity contribution in [3.05, 3.63) is 39.6 Å². The molecule has 0 saturated heterocycles. The van der Waals surface area contributed by atoms with Gasteiger partial charge in [-0.15, -0.1) is 0 Å². The van der Waals surface area contributed by atoms with Gasteiger partial charge in [-0.2, -0.15) is 0 Å². The standard InChI is InChI=1S/C12H11Cl2INO3P/c13-8-2-1-3-9(14)11(8)12-7(6-17)10(19-16-12)4-5-18-20-15/h1-3,17,20H,4-6H2. The smallest absolute Gasteiger partial charge is 0.145 e. The van der Waals surface area contributed by atoms with E-state index in [1.54, 1.807) is 18.2 Å². The topological polar surface area (TPSA) is 55.5 Å². The lowest BCUT2D eigenvalue weighted by atomic mass is 10.1. The predicted octanol–water partition coefficient (Wildman–Crippen LogP) is 4.64. The number of hydrogen-bond donors (Lipinski definition) is 1. The van der Waals surface area contributed by atoms with Crippen LogP contribution in [0.4, 0.5) is 0 Å². The minimum Gasteiger partial charge on any atom is -0.391 e. The lowest BCUT2D eigenvalue weighted by molar-refractivity contribution is 0.273. The maximum atomic E-state index is 9.56. The lowest BCUT2D eigenvalue weighted by Crippen LogP contribution is -1.96. The van der Waals surface area contributed by atoms with Gasteiger partial charge in [-0.05, 0) is 34.2 Å². The molecule has 0 bridgehead atoms. The number of hydrogen-bond acceptors (Lipinski definition) is 4. The second-order valence-corrected chi connectivity index (χ2v) is 6.44. The van der Waals surface area contributed by atoms with Crippen LogP contribution in [0.5, 0.6) is 0 Å². The van der Waals surface area contributed by atoms with Gasteiger partial charge in [-0.3, -0.25) is 0 Å². The third-order valence-electron chi connectivity index (χ3n) is 2.71. The monoisotopic (exact) mass is 445 g/mol. The predicted molar refractivity (Wildman–Crippen MR) is 89.9 cm³/mol. The molecule has 8 heteroatoms. The summed E-state index contributed by atoms with van der Waals surface area (Å²) in [7, 11) is 0. The second-order valence-electron chi connectivity index (χ2n) is 3.86. The van der Waals surface area contributed by atoms with Crippen LogP contribution in [-0.2, 0) is 17.6 Å². The number of halogens is 3. The Morgan fingerprint density at radius 3 is 2.65 bits per heavy atom. The number of benzene rings is 1. The zero-order chi connectivity index (χ0) is 14.5. The van der Waals surface area contributed by atoms with E-state index in [0.717, 1.165) is 0 Å². The average molecular weight is 446 g/mol. The van der Waals surface area contributed by atoms with E-state index >= 15 is 0 Å². The van der Waals surface area contributed by atoms with Crippen molar-refractivity contribution >= 4 is 51.7 Å². The average Bonchev–Trinajstić information content (AvgIpc) is 2.82. The Hall–Kier alpha value is 0.0900. The van der Waals surface area contributed by atoms with Crippen LogP contribution in [0.3, 0.4) is 0 Å². The highest BCUT2D eigenvalue weighted by atomic mass is 127. The fourth-order valence-electron chi connectivity index (χ4n) is 1.81. The zero-order valence-corrected chi connectivity index (χ0v) is 14.9. The molecule has 1 heterocycles. The fraction of sp³-hybridized carbons (Fsp3) is 0.250. The Morgan fingerprint density at radius 1 is 1.35 bits per heavy atom. The molecule has 4 nitrogen and oxygen atoms in total. The van der Waals surface area contributed by atoms with Gasteiger partial charge in [-0.1, -0.05) is 34.4 Å². The molecule has 2 aromatic rings. The summed E-state index contributed by atoms with van der Waals surface area (Å²) in [4.78, 5) is 0. The Labute approximate surface area is 141 Å². The molecule has 20 heavy (non-hydrogen) atoms. The van der Waals surface area contributed by atoms with Crippen LogP contribution in [-0.4, -0.2) is 16.9 Å². The first kappa shape index (κ1) is 16.5. The molecule has 2 rings (SSSR count). The summed E-state index contributed by atoms with van der Waals surface area (Å²) in [6.45, 7) is 0.707. The Bertz CT molecular complexity index is 574. The van der Waals surface area contributed by atoms with E-state index < -0.39 is 0 Å². The Kier molecular flexibility index (Phi) is 6.52. The molecule has 1 atom stereocenters. The van der Waals surface area contributed by atoms with Crippen LogP contribution in [0.25, 0.3) is 11.3 Å². The summed E-state index contributed by atoms with van der Waals surface area (Å²) in [5, 5.41) is 14.5. The van der Waals surface area contributed by atoms with Crippen LogP contribution >= 0.6 is 51.7 Å². The number of aromatic nitrogens is 1. The first-order valence-corrected chi connectivity index (χ1v) is 10.5. The maximum Gasteiger partial charge on any atom is 0.145 e. The van der Waals surface area contributed by atoms with Crippen LogP contribution in [0.2, 0.25) is 10.0 Å². The van der Waals surface area contributed by atoms with E-state index in [0.29, 0.717) is 52.1 Å². The Morgan fingerprint density at radius 2 is 2.05 bits per heavy atom. The summed E-state index contributed by atoms with van der Waals surface area (Å²) in [6, 6.07) is 5.19. The van der Waals surface area contributed by atoms with Crippen LogP contribution in [0, 0.1) is 0 Å². The highest BCUT2D eigenvalue weighted by Crippen LogP contribution is 2.37. The first-order valence-electron chi connectivity index (χ1n) is 5.69. The van der Waals surface area contributed by atoms with E-state index in [1.165, 1.54) is 0 Å². The molecule has 0 aliphatic heterocycles. The minimum atomic E-state index is -0.192. The van der Waals surface area contributed by atoms with Gasteiger partial charge in [0.1, 0.15) is 11.5 Å². The first-order chi connectivity index (χ1) is 9.69. The van der Waals surface area contributed by atoms with Crippen LogP contribution in [0.1, 0.15) is 11.3 Å². The molecule has 108 valence electrons. The van der Waals surface area contributed by atoms with Gasteiger partial charge < -0.3 is 14.2 Å². The number of aliphatic hydroxyl groups is 1.